The molecule has 1 fully saturated rings. The number of nitrogens with zero attached hydrogens (tertiary/aromatic N) is 1. The zero-order chi connectivity index (χ0) is 28.2. The van der Waals surface area contributed by atoms with Gasteiger partial charge < -0.3 is 24.6 Å². The number of thioether (sulfide) groups is 1. The van der Waals surface area contributed by atoms with Crippen LogP contribution in [0, 0.1) is 11.6 Å². The molecule has 0 aromatic heterocycles. The molecule has 0 saturated carbocycles. The van der Waals surface area contributed by atoms with Gasteiger partial charge in [-0.3, -0.25) is 4.79 Å². The second-order valence-electron chi connectivity index (χ2n) is 10.0. The van der Waals surface area contributed by atoms with Crippen molar-refractivity contribution in [2.24, 2.45) is 0 Å². The fourth-order valence-corrected chi connectivity index (χ4v) is 6.49. The van der Waals surface area contributed by atoms with Crippen LogP contribution in [-0.2, 0) is 9.45 Å². The number of ether oxygens (including phenoxy) is 1. The standard InChI is InChI=1S/C25H28BF5N2O4S/c1-12(33(3)4)20-15-7-6-13(10-17(15)26(35)37-20)32-23(34)22-16(11-24(2,38-22)25(29,30)31)14-8-9-18(27)19(28)21(14)36-5/h6-10,12,16,20,22,35H,11H2,1-5H3,(H,32,34)/t12?,16-,20?,22+,24+/m0/s1. The van der Waals surface area contributed by atoms with Crippen LogP contribution < -0.4 is 15.5 Å². The predicted molar refractivity (Wildman–Crippen MR) is 136 cm³/mol. The summed E-state index contributed by atoms with van der Waals surface area (Å²) < 4.78 is 78.7. The maximum atomic E-state index is 14.5. The molecule has 2 aromatic carbocycles. The first kappa shape index (κ1) is 28.7. The summed E-state index contributed by atoms with van der Waals surface area (Å²) in [5.74, 6) is -4.93. The number of anilines is 1. The molecule has 1 amide bonds. The number of nitrogens with one attached hydrogen (secondary N) is 1. The smallest absolute Gasteiger partial charge is 0.492 e. The molecule has 2 aromatic rings. The van der Waals surface area contributed by atoms with E-state index in [9.17, 15) is 31.8 Å². The highest BCUT2D eigenvalue weighted by Crippen LogP contribution is 2.59. The number of fused-ring (bicyclic) bond motifs is 1. The zero-order valence-electron chi connectivity index (χ0n) is 21.4. The van der Waals surface area contributed by atoms with Gasteiger partial charge in [-0.1, -0.05) is 12.1 Å². The molecule has 2 aliphatic heterocycles. The highest BCUT2D eigenvalue weighted by atomic mass is 32.2. The Labute approximate surface area is 222 Å². The summed E-state index contributed by atoms with van der Waals surface area (Å²) >= 11 is 0.425. The lowest BCUT2D eigenvalue weighted by Gasteiger charge is -2.27. The van der Waals surface area contributed by atoms with E-state index in [2.05, 4.69) is 5.32 Å². The number of hydrogen-bond acceptors (Lipinski definition) is 6. The molecule has 4 rings (SSSR count). The van der Waals surface area contributed by atoms with E-state index in [1.54, 1.807) is 12.1 Å². The van der Waals surface area contributed by atoms with Gasteiger partial charge in [0.1, 0.15) is 4.75 Å². The highest BCUT2D eigenvalue weighted by Gasteiger charge is 2.61. The van der Waals surface area contributed by atoms with Gasteiger partial charge in [-0.25, -0.2) is 4.39 Å². The Bertz CT molecular complexity index is 1230. The molecule has 38 heavy (non-hydrogen) atoms. The Hall–Kier alpha value is -2.35. The minimum Gasteiger partial charge on any atom is -0.493 e. The molecular formula is C25H28BF5N2O4S. The van der Waals surface area contributed by atoms with E-state index in [1.807, 2.05) is 25.9 Å². The summed E-state index contributed by atoms with van der Waals surface area (Å²) in [7, 11) is 3.60. The van der Waals surface area contributed by atoms with Crippen LogP contribution in [-0.4, -0.2) is 66.4 Å². The number of hydrogen-bond donors (Lipinski definition) is 2. The maximum absolute atomic E-state index is 14.5. The largest absolute Gasteiger partial charge is 0.493 e. The molecule has 0 spiro atoms. The molecule has 6 nitrogen and oxygen atoms in total. The fraction of sp³-hybridized carbons (Fsp3) is 0.480. The Balaban J connectivity index is 1.66. The first-order chi connectivity index (χ1) is 17.7. The van der Waals surface area contributed by atoms with Crippen molar-refractivity contribution < 1.29 is 41.2 Å². The monoisotopic (exact) mass is 558 g/mol. The Morgan fingerprint density at radius 3 is 2.53 bits per heavy atom. The third-order valence-corrected chi connectivity index (χ3v) is 9.07. The Kier molecular flexibility index (Phi) is 7.79. The van der Waals surface area contributed by atoms with Crippen LogP contribution in [0.25, 0.3) is 0 Å². The van der Waals surface area contributed by atoms with Crippen LogP contribution in [0.2, 0.25) is 0 Å². The lowest BCUT2D eigenvalue weighted by atomic mass is 9.78. The summed E-state index contributed by atoms with van der Waals surface area (Å²) in [5, 5.41) is 11.8. The topological polar surface area (TPSA) is 71.0 Å². The van der Waals surface area contributed by atoms with Crippen LogP contribution in [0.1, 0.15) is 43.4 Å². The normalized spacial score (nSPS) is 26.0. The third kappa shape index (κ3) is 5.01. The molecule has 2 N–H and O–H groups in total. The Morgan fingerprint density at radius 2 is 1.92 bits per heavy atom. The van der Waals surface area contributed by atoms with Crippen molar-refractivity contribution in [2.75, 3.05) is 26.5 Å². The van der Waals surface area contributed by atoms with Crippen molar-refractivity contribution in [3.05, 3.63) is 53.1 Å². The van der Waals surface area contributed by atoms with Crippen LogP contribution in [0.15, 0.2) is 30.3 Å². The van der Waals surface area contributed by atoms with Gasteiger partial charge in [0.2, 0.25) is 11.7 Å². The first-order valence-corrected chi connectivity index (χ1v) is 12.8. The Morgan fingerprint density at radius 1 is 1.26 bits per heavy atom. The SMILES string of the molecule is COc1c([C@@H]2C[C@](C)(C(F)(F)F)S[C@H]2C(=O)Nc2ccc3c(c2)B(O)OC3C(C)N(C)C)ccc(F)c1F. The van der Waals surface area contributed by atoms with Crippen molar-refractivity contribution in [2.45, 2.75) is 54.5 Å². The lowest BCUT2D eigenvalue weighted by Crippen LogP contribution is -2.37. The average molecular weight is 558 g/mol. The fourth-order valence-electron chi connectivity index (χ4n) is 4.94. The van der Waals surface area contributed by atoms with E-state index in [0.717, 1.165) is 31.7 Å². The van der Waals surface area contributed by atoms with Gasteiger partial charge in [-0.15, -0.1) is 11.8 Å². The molecule has 0 bridgehead atoms. The third-order valence-electron chi connectivity index (χ3n) is 7.36. The van der Waals surface area contributed by atoms with Crippen molar-refractivity contribution in [1.82, 2.24) is 4.90 Å². The molecule has 2 unspecified atom stereocenters. The van der Waals surface area contributed by atoms with Crippen molar-refractivity contribution >= 4 is 35.9 Å². The van der Waals surface area contributed by atoms with Gasteiger partial charge in [0.05, 0.1) is 18.5 Å². The van der Waals surface area contributed by atoms with Gasteiger partial charge >= 0.3 is 13.3 Å². The number of carbonyl (C=O) groups excluding carboxylic acids is 1. The number of alkyl halides is 3. The van der Waals surface area contributed by atoms with Crippen LogP contribution in [0.3, 0.4) is 0 Å². The highest BCUT2D eigenvalue weighted by molar-refractivity contribution is 8.02. The number of rotatable bonds is 6. The second-order valence-corrected chi connectivity index (χ2v) is 11.7. The summed E-state index contributed by atoms with van der Waals surface area (Å²) in [6.45, 7) is 2.92. The number of benzene rings is 2. The summed E-state index contributed by atoms with van der Waals surface area (Å²) in [4.78, 5) is 15.3. The summed E-state index contributed by atoms with van der Waals surface area (Å²) in [6.07, 6.45) is -5.62. The number of methoxy groups -OCH3 is 1. The second kappa shape index (κ2) is 10.3. The van der Waals surface area contributed by atoms with Gasteiger partial charge in [-0.05, 0) is 63.6 Å². The minimum absolute atomic E-state index is 0.0229. The van der Waals surface area contributed by atoms with E-state index < -0.39 is 65.0 Å². The van der Waals surface area contributed by atoms with E-state index in [4.69, 9.17) is 9.39 Å². The van der Waals surface area contributed by atoms with Crippen molar-refractivity contribution in [3.63, 3.8) is 0 Å². The molecule has 206 valence electrons. The van der Waals surface area contributed by atoms with Gasteiger partial charge in [0.15, 0.2) is 11.6 Å². The van der Waals surface area contributed by atoms with E-state index in [1.165, 1.54) is 6.07 Å². The molecule has 0 aliphatic carbocycles. The quantitative estimate of drug-likeness (QED) is 0.409. The summed E-state index contributed by atoms with van der Waals surface area (Å²) in [5.41, 5.74) is 1.41. The van der Waals surface area contributed by atoms with Gasteiger partial charge in [0.25, 0.3) is 0 Å². The number of halogens is 5. The molecule has 1 saturated heterocycles. The molecule has 13 heteroatoms. The molecule has 2 heterocycles. The summed E-state index contributed by atoms with van der Waals surface area (Å²) in [6, 6.07) is 6.71. The van der Waals surface area contributed by atoms with Crippen LogP contribution >= 0.6 is 11.8 Å². The molecule has 2 aliphatic rings. The first-order valence-electron chi connectivity index (χ1n) is 11.9. The lowest BCUT2D eigenvalue weighted by molar-refractivity contribution is -0.155. The molecule has 0 radical (unpaired) electrons. The number of likely N-dealkylation sites (N-methyl/N-ethyl adjacent to an activating group) is 1. The maximum Gasteiger partial charge on any atom is 0.492 e. The minimum atomic E-state index is -4.66. The average Bonchev–Trinajstić information content (AvgIpc) is 3.38. The van der Waals surface area contributed by atoms with E-state index in [0.29, 0.717) is 17.2 Å². The van der Waals surface area contributed by atoms with E-state index >= 15 is 0 Å². The van der Waals surface area contributed by atoms with Crippen LogP contribution in [0.5, 0.6) is 5.75 Å². The predicted octanol–water partition coefficient (Wildman–Crippen LogP) is 4.23. The van der Waals surface area contributed by atoms with Gasteiger partial charge in [0, 0.05) is 23.2 Å². The van der Waals surface area contributed by atoms with E-state index in [-0.39, 0.29) is 17.3 Å². The van der Waals surface area contributed by atoms with Crippen LogP contribution in [0.4, 0.5) is 27.6 Å². The molecule has 5 atom stereocenters. The number of amides is 1. The van der Waals surface area contributed by atoms with Crippen molar-refractivity contribution in [1.29, 1.82) is 0 Å². The zero-order valence-corrected chi connectivity index (χ0v) is 22.2. The number of carbonyl (C=O) groups is 1. The molecular weight excluding hydrogens is 530 g/mol. The van der Waals surface area contributed by atoms with Gasteiger partial charge in [-0.2, -0.15) is 17.6 Å². The van der Waals surface area contributed by atoms with Crippen molar-refractivity contribution in [3.8, 4) is 5.75 Å².